The fourth-order valence-corrected chi connectivity index (χ4v) is 2.43. The van der Waals surface area contributed by atoms with Crippen molar-refractivity contribution in [2.45, 2.75) is 6.92 Å². The van der Waals surface area contributed by atoms with E-state index in [0.717, 1.165) is 15.4 Å². The van der Waals surface area contributed by atoms with Gasteiger partial charge in [-0.15, -0.1) is 11.3 Å². The van der Waals surface area contributed by atoms with E-state index in [0.29, 0.717) is 10.7 Å². The number of rotatable bonds is 1. The average molecular weight is 235 g/mol. The van der Waals surface area contributed by atoms with Crippen molar-refractivity contribution in [3.05, 3.63) is 39.9 Å². The molecule has 0 bridgehead atoms. The lowest BCUT2D eigenvalue weighted by Crippen LogP contribution is -1.79. The monoisotopic (exact) mass is 234 g/mol. The lowest BCUT2D eigenvalue weighted by molar-refractivity contribution is 1.30. The Kier molecular flexibility index (Phi) is 2.72. The van der Waals surface area contributed by atoms with Crippen LogP contribution < -0.4 is 0 Å². The third kappa shape index (κ3) is 1.87. The molecule has 0 saturated heterocycles. The number of benzene rings is 1. The largest absolute Gasteiger partial charge is 0.225 e. The maximum atomic E-state index is 8.81. The first kappa shape index (κ1) is 10.2. The molecule has 0 radical (unpaired) electrons. The molecule has 0 spiro atoms. The van der Waals surface area contributed by atoms with Crippen LogP contribution in [0.2, 0.25) is 5.02 Å². The number of halogens is 1. The van der Waals surface area contributed by atoms with Crippen molar-refractivity contribution in [3.63, 3.8) is 0 Å². The van der Waals surface area contributed by atoms with E-state index in [-0.39, 0.29) is 0 Å². The molecule has 0 aliphatic heterocycles. The molecule has 1 aromatic heterocycles. The van der Waals surface area contributed by atoms with E-state index in [1.165, 1.54) is 11.3 Å². The first-order valence-electron chi connectivity index (χ1n) is 4.35. The second kappa shape index (κ2) is 4.01. The Morgan fingerprint density at radius 3 is 2.73 bits per heavy atom. The second-order valence-corrected chi connectivity index (χ2v) is 4.63. The summed E-state index contributed by atoms with van der Waals surface area (Å²) in [5.74, 6) is 0. The van der Waals surface area contributed by atoms with E-state index in [2.05, 4.69) is 11.1 Å². The molecule has 0 saturated carbocycles. The second-order valence-electron chi connectivity index (χ2n) is 3.02. The maximum Gasteiger partial charge on any atom is 0.155 e. The van der Waals surface area contributed by atoms with Gasteiger partial charge in [0.25, 0.3) is 0 Å². The molecule has 1 heterocycles. The van der Waals surface area contributed by atoms with Crippen LogP contribution in [-0.2, 0) is 0 Å². The van der Waals surface area contributed by atoms with Crippen LogP contribution in [-0.4, -0.2) is 4.98 Å². The highest BCUT2D eigenvalue weighted by molar-refractivity contribution is 7.15. The summed E-state index contributed by atoms with van der Waals surface area (Å²) < 4.78 is 0. The van der Waals surface area contributed by atoms with Gasteiger partial charge in [0.2, 0.25) is 0 Å². The molecular formula is C11H7ClN2S. The summed E-state index contributed by atoms with van der Waals surface area (Å²) in [5, 5.41) is 10.3. The first-order valence-corrected chi connectivity index (χ1v) is 5.54. The van der Waals surface area contributed by atoms with Crippen LogP contribution in [0.25, 0.3) is 10.6 Å². The number of aromatic nitrogens is 1. The lowest BCUT2D eigenvalue weighted by Gasteiger charge is -1.97. The average Bonchev–Trinajstić information content (AvgIpc) is 2.60. The van der Waals surface area contributed by atoms with Crippen LogP contribution in [0.1, 0.15) is 10.6 Å². The molecule has 2 aromatic rings. The first-order chi connectivity index (χ1) is 7.22. The van der Waals surface area contributed by atoms with Gasteiger partial charge in [-0.05, 0) is 13.0 Å². The summed E-state index contributed by atoms with van der Waals surface area (Å²) in [6.07, 6.45) is 0. The summed E-state index contributed by atoms with van der Waals surface area (Å²) in [4.78, 5) is 5.16. The number of aryl methyl sites for hydroxylation is 1. The number of hydrogen-bond acceptors (Lipinski definition) is 3. The van der Waals surface area contributed by atoms with Crippen molar-refractivity contribution in [1.82, 2.24) is 4.98 Å². The Morgan fingerprint density at radius 2 is 2.13 bits per heavy atom. The van der Waals surface area contributed by atoms with Gasteiger partial charge in [0, 0.05) is 10.4 Å². The highest BCUT2D eigenvalue weighted by Crippen LogP contribution is 2.32. The molecule has 0 fully saturated rings. The Bertz CT molecular complexity index is 540. The van der Waals surface area contributed by atoms with Gasteiger partial charge in [0.1, 0.15) is 11.1 Å². The molecule has 2 rings (SSSR count). The quantitative estimate of drug-likeness (QED) is 0.755. The standard InChI is InChI=1S/C11H7ClN2S/c1-7-10(6-13)14-11(15-7)8-4-2-3-5-9(8)12/h2-5H,1H3. The zero-order chi connectivity index (χ0) is 10.8. The molecule has 0 atom stereocenters. The highest BCUT2D eigenvalue weighted by atomic mass is 35.5. The number of nitriles is 1. The fraction of sp³-hybridized carbons (Fsp3) is 0.0909. The predicted molar refractivity (Wildman–Crippen MR) is 62.0 cm³/mol. The highest BCUT2D eigenvalue weighted by Gasteiger charge is 2.10. The van der Waals surface area contributed by atoms with Gasteiger partial charge < -0.3 is 0 Å². The van der Waals surface area contributed by atoms with Crippen LogP contribution >= 0.6 is 22.9 Å². The van der Waals surface area contributed by atoms with Gasteiger partial charge in [-0.2, -0.15) is 5.26 Å². The van der Waals surface area contributed by atoms with E-state index in [1.54, 1.807) is 0 Å². The van der Waals surface area contributed by atoms with E-state index in [1.807, 2.05) is 31.2 Å². The summed E-state index contributed by atoms with van der Waals surface area (Å²) in [6, 6.07) is 9.56. The van der Waals surface area contributed by atoms with Crippen molar-refractivity contribution in [2.75, 3.05) is 0 Å². The fourth-order valence-electron chi connectivity index (χ4n) is 1.25. The molecular weight excluding hydrogens is 228 g/mol. The third-order valence-electron chi connectivity index (χ3n) is 2.01. The normalized spacial score (nSPS) is 9.93. The molecule has 0 N–H and O–H groups in total. The van der Waals surface area contributed by atoms with Crippen molar-refractivity contribution >= 4 is 22.9 Å². The van der Waals surface area contributed by atoms with Crippen LogP contribution in [0.3, 0.4) is 0 Å². The maximum absolute atomic E-state index is 8.81. The zero-order valence-corrected chi connectivity index (χ0v) is 9.56. The zero-order valence-electron chi connectivity index (χ0n) is 7.99. The van der Waals surface area contributed by atoms with Gasteiger partial charge in [-0.25, -0.2) is 4.98 Å². The molecule has 1 aromatic carbocycles. The summed E-state index contributed by atoms with van der Waals surface area (Å²) >= 11 is 7.54. The molecule has 0 aliphatic carbocycles. The predicted octanol–water partition coefficient (Wildman–Crippen LogP) is 3.64. The van der Waals surface area contributed by atoms with Crippen LogP contribution in [0, 0.1) is 18.3 Å². The van der Waals surface area contributed by atoms with E-state index < -0.39 is 0 Å². The Morgan fingerprint density at radius 1 is 1.40 bits per heavy atom. The molecule has 2 nitrogen and oxygen atoms in total. The van der Waals surface area contributed by atoms with Crippen LogP contribution in [0.5, 0.6) is 0 Å². The molecule has 0 aliphatic rings. The summed E-state index contributed by atoms with van der Waals surface area (Å²) in [5.41, 5.74) is 1.36. The Labute approximate surface area is 96.8 Å². The van der Waals surface area contributed by atoms with Gasteiger partial charge >= 0.3 is 0 Å². The lowest BCUT2D eigenvalue weighted by atomic mass is 10.2. The summed E-state index contributed by atoms with van der Waals surface area (Å²) in [7, 11) is 0. The molecule has 74 valence electrons. The molecule has 15 heavy (non-hydrogen) atoms. The van der Waals surface area contributed by atoms with Crippen molar-refractivity contribution in [1.29, 1.82) is 5.26 Å². The van der Waals surface area contributed by atoms with Crippen molar-refractivity contribution < 1.29 is 0 Å². The molecule has 4 heteroatoms. The number of hydrogen-bond donors (Lipinski definition) is 0. The molecule has 0 amide bonds. The number of thiazole rings is 1. The van der Waals surface area contributed by atoms with Gasteiger partial charge in [-0.3, -0.25) is 0 Å². The van der Waals surface area contributed by atoms with E-state index >= 15 is 0 Å². The van der Waals surface area contributed by atoms with Gasteiger partial charge in [0.15, 0.2) is 5.69 Å². The Hall–Kier alpha value is -1.37. The van der Waals surface area contributed by atoms with Crippen LogP contribution in [0.15, 0.2) is 24.3 Å². The summed E-state index contributed by atoms with van der Waals surface area (Å²) in [6.45, 7) is 1.89. The third-order valence-corrected chi connectivity index (χ3v) is 3.34. The minimum Gasteiger partial charge on any atom is -0.225 e. The smallest absolute Gasteiger partial charge is 0.155 e. The van der Waals surface area contributed by atoms with E-state index in [4.69, 9.17) is 16.9 Å². The minimum atomic E-state index is 0.481. The van der Waals surface area contributed by atoms with Crippen molar-refractivity contribution in [3.8, 4) is 16.6 Å². The molecule has 0 unspecified atom stereocenters. The SMILES string of the molecule is Cc1sc(-c2ccccc2Cl)nc1C#N. The van der Waals surface area contributed by atoms with Gasteiger partial charge in [0.05, 0.1) is 5.02 Å². The number of nitrogens with zero attached hydrogens (tertiary/aromatic N) is 2. The van der Waals surface area contributed by atoms with E-state index in [9.17, 15) is 0 Å². The minimum absolute atomic E-state index is 0.481. The topological polar surface area (TPSA) is 36.7 Å². The van der Waals surface area contributed by atoms with Gasteiger partial charge in [-0.1, -0.05) is 29.8 Å². The van der Waals surface area contributed by atoms with Crippen molar-refractivity contribution in [2.24, 2.45) is 0 Å². The Balaban J connectivity index is 2.56. The van der Waals surface area contributed by atoms with Crippen LogP contribution in [0.4, 0.5) is 0 Å².